The summed E-state index contributed by atoms with van der Waals surface area (Å²) in [6.07, 6.45) is 5.62. The summed E-state index contributed by atoms with van der Waals surface area (Å²) in [6.45, 7) is 7.00. The van der Waals surface area contributed by atoms with Crippen molar-refractivity contribution < 1.29 is 14.3 Å². The first kappa shape index (κ1) is 19.2. The van der Waals surface area contributed by atoms with Crippen LogP contribution in [0.4, 0.5) is 0 Å². The highest BCUT2D eigenvalue weighted by Gasteiger charge is 2.27. The number of rotatable bonds is 7. The molecule has 1 aliphatic carbocycles. The molecule has 3 nitrogen and oxygen atoms in total. The van der Waals surface area contributed by atoms with Crippen LogP contribution in [0.2, 0.25) is 0 Å². The molecule has 3 heteroatoms. The number of ketones is 1. The third-order valence-electron chi connectivity index (χ3n) is 4.84. The predicted molar refractivity (Wildman–Crippen MR) is 109 cm³/mol. The smallest absolute Gasteiger partial charge is 0.158 e. The van der Waals surface area contributed by atoms with Crippen molar-refractivity contribution >= 4 is 11.9 Å². The number of carbonyl (C=O) groups excluding carboxylic acids is 1. The highest BCUT2D eigenvalue weighted by Crippen LogP contribution is 2.30. The standard InChI is InChI=1S/C24H28O3/c1-24(2,3)20-9-11-21(12-10-20)27-16-19-15-17(6-14-23(19)26-4)5-13-22(25)18-7-8-18/h5-6,9-15,18H,7-8,16H2,1-4H3/b13-5+. The predicted octanol–water partition coefficient (Wildman–Crippen LogP) is 5.56. The topological polar surface area (TPSA) is 35.5 Å². The lowest BCUT2D eigenvalue weighted by Gasteiger charge is -2.19. The van der Waals surface area contributed by atoms with Crippen molar-refractivity contribution in [3.63, 3.8) is 0 Å². The Bertz CT molecular complexity index is 822. The van der Waals surface area contributed by atoms with Gasteiger partial charge in [0, 0.05) is 11.5 Å². The van der Waals surface area contributed by atoms with Crippen molar-refractivity contribution in [2.45, 2.75) is 45.6 Å². The highest BCUT2D eigenvalue weighted by atomic mass is 16.5. The second-order valence-electron chi connectivity index (χ2n) is 8.14. The molecule has 2 aromatic carbocycles. The molecule has 1 fully saturated rings. The Morgan fingerprint density at radius 2 is 1.81 bits per heavy atom. The summed E-state index contributed by atoms with van der Waals surface area (Å²) in [4.78, 5) is 11.9. The maximum absolute atomic E-state index is 11.9. The molecule has 27 heavy (non-hydrogen) atoms. The fourth-order valence-electron chi connectivity index (χ4n) is 2.91. The molecular formula is C24H28O3. The summed E-state index contributed by atoms with van der Waals surface area (Å²) < 4.78 is 11.4. The molecule has 0 radical (unpaired) electrons. The average molecular weight is 364 g/mol. The molecule has 142 valence electrons. The van der Waals surface area contributed by atoms with E-state index in [1.54, 1.807) is 13.2 Å². The molecule has 0 atom stereocenters. The van der Waals surface area contributed by atoms with Crippen molar-refractivity contribution in [3.8, 4) is 11.5 Å². The van der Waals surface area contributed by atoms with Crippen molar-refractivity contribution in [2.24, 2.45) is 5.92 Å². The molecule has 1 saturated carbocycles. The molecule has 0 aromatic heterocycles. The Hall–Kier alpha value is -2.55. The van der Waals surface area contributed by atoms with Gasteiger partial charge in [0.05, 0.1) is 7.11 Å². The lowest BCUT2D eigenvalue weighted by Crippen LogP contribution is -2.10. The molecule has 0 N–H and O–H groups in total. The lowest BCUT2D eigenvalue weighted by molar-refractivity contribution is -0.115. The van der Waals surface area contributed by atoms with E-state index in [0.29, 0.717) is 6.61 Å². The van der Waals surface area contributed by atoms with Gasteiger partial charge in [-0.3, -0.25) is 4.79 Å². The van der Waals surface area contributed by atoms with Crippen LogP contribution >= 0.6 is 0 Å². The van der Waals surface area contributed by atoms with Crippen LogP contribution in [-0.4, -0.2) is 12.9 Å². The number of hydrogen-bond acceptors (Lipinski definition) is 3. The van der Waals surface area contributed by atoms with Gasteiger partial charge in [0.1, 0.15) is 18.1 Å². The summed E-state index contributed by atoms with van der Waals surface area (Å²) in [5, 5.41) is 0. The molecule has 3 rings (SSSR count). The summed E-state index contributed by atoms with van der Waals surface area (Å²) in [6, 6.07) is 14.1. The first-order valence-electron chi connectivity index (χ1n) is 9.49. The van der Waals surface area contributed by atoms with Gasteiger partial charge < -0.3 is 9.47 Å². The first-order chi connectivity index (χ1) is 12.9. The van der Waals surface area contributed by atoms with Gasteiger partial charge in [-0.05, 0) is 59.7 Å². The SMILES string of the molecule is COc1ccc(/C=C/C(=O)C2CC2)cc1COc1ccc(C(C)(C)C)cc1. The molecule has 0 amide bonds. The van der Waals surface area contributed by atoms with Crippen LogP contribution in [0.5, 0.6) is 11.5 Å². The van der Waals surface area contributed by atoms with Crippen molar-refractivity contribution in [2.75, 3.05) is 7.11 Å². The van der Waals surface area contributed by atoms with Crippen molar-refractivity contribution in [3.05, 3.63) is 65.2 Å². The van der Waals surface area contributed by atoms with E-state index in [4.69, 9.17) is 9.47 Å². The van der Waals surface area contributed by atoms with Gasteiger partial charge in [0.2, 0.25) is 0 Å². The Labute approximate surface area is 162 Å². The summed E-state index contributed by atoms with van der Waals surface area (Å²) in [5.41, 5.74) is 3.34. The minimum atomic E-state index is 0.125. The quantitative estimate of drug-likeness (QED) is 0.603. The zero-order chi connectivity index (χ0) is 19.4. The van der Waals surface area contributed by atoms with Gasteiger partial charge in [-0.25, -0.2) is 0 Å². The molecule has 0 saturated heterocycles. The molecule has 0 unspecified atom stereocenters. The molecule has 0 bridgehead atoms. The monoisotopic (exact) mass is 364 g/mol. The molecule has 0 heterocycles. The van der Waals surface area contributed by atoms with E-state index in [9.17, 15) is 4.79 Å². The number of allylic oxidation sites excluding steroid dienone is 1. The highest BCUT2D eigenvalue weighted by molar-refractivity contribution is 5.96. The largest absolute Gasteiger partial charge is 0.496 e. The van der Waals surface area contributed by atoms with E-state index in [0.717, 1.165) is 35.5 Å². The Morgan fingerprint density at radius 1 is 1.11 bits per heavy atom. The minimum Gasteiger partial charge on any atom is -0.496 e. The van der Waals surface area contributed by atoms with Gasteiger partial charge in [-0.15, -0.1) is 0 Å². The molecular weight excluding hydrogens is 336 g/mol. The van der Waals surface area contributed by atoms with Crippen LogP contribution in [0, 0.1) is 5.92 Å². The van der Waals surface area contributed by atoms with Gasteiger partial charge in [-0.1, -0.05) is 45.0 Å². The van der Waals surface area contributed by atoms with Crippen LogP contribution in [0.1, 0.15) is 50.3 Å². The van der Waals surface area contributed by atoms with E-state index < -0.39 is 0 Å². The van der Waals surface area contributed by atoms with Crippen molar-refractivity contribution in [1.82, 2.24) is 0 Å². The van der Waals surface area contributed by atoms with E-state index in [-0.39, 0.29) is 17.1 Å². The second kappa shape index (κ2) is 7.99. The zero-order valence-electron chi connectivity index (χ0n) is 16.6. The number of benzene rings is 2. The minimum absolute atomic E-state index is 0.125. The third kappa shape index (κ3) is 5.22. The van der Waals surface area contributed by atoms with E-state index >= 15 is 0 Å². The first-order valence-corrected chi connectivity index (χ1v) is 9.49. The van der Waals surface area contributed by atoms with Gasteiger partial charge in [0.25, 0.3) is 0 Å². The number of methoxy groups -OCH3 is 1. The third-order valence-corrected chi connectivity index (χ3v) is 4.84. The fraction of sp³-hybridized carbons (Fsp3) is 0.375. The summed E-state index contributed by atoms with van der Waals surface area (Å²) in [7, 11) is 1.66. The maximum Gasteiger partial charge on any atom is 0.158 e. The van der Waals surface area contributed by atoms with Gasteiger partial charge in [-0.2, -0.15) is 0 Å². The number of hydrogen-bond donors (Lipinski definition) is 0. The molecule has 0 aliphatic heterocycles. The maximum atomic E-state index is 11.9. The van der Waals surface area contributed by atoms with Gasteiger partial charge in [0.15, 0.2) is 5.78 Å². The molecule has 0 spiro atoms. The Balaban J connectivity index is 1.69. The van der Waals surface area contributed by atoms with Crippen LogP contribution in [0.25, 0.3) is 6.08 Å². The van der Waals surface area contributed by atoms with Crippen LogP contribution in [-0.2, 0) is 16.8 Å². The van der Waals surface area contributed by atoms with Gasteiger partial charge >= 0.3 is 0 Å². The number of ether oxygens (including phenoxy) is 2. The lowest BCUT2D eigenvalue weighted by atomic mass is 9.87. The Morgan fingerprint density at radius 3 is 2.41 bits per heavy atom. The normalized spacial score (nSPS) is 14.4. The van der Waals surface area contributed by atoms with Crippen LogP contribution in [0.3, 0.4) is 0 Å². The van der Waals surface area contributed by atoms with Crippen molar-refractivity contribution in [1.29, 1.82) is 0 Å². The Kier molecular flexibility index (Phi) is 5.69. The summed E-state index contributed by atoms with van der Waals surface area (Å²) >= 11 is 0. The second-order valence-corrected chi connectivity index (χ2v) is 8.14. The van der Waals surface area contributed by atoms with E-state index in [2.05, 4.69) is 32.9 Å². The van der Waals surface area contributed by atoms with E-state index in [1.807, 2.05) is 36.4 Å². The van der Waals surface area contributed by atoms with Crippen LogP contribution in [0.15, 0.2) is 48.5 Å². The van der Waals surface area contributed by atoms with Crippen LogP contribution < -0.4 is 9.47 Å². The molecule has 1 aliphatic rings. The van der Waals surface area contributed by atoms with E-state index in [1.165, 1.54) is 5.56 Å². The summed E-state index contributed by atoms with van der Waals surface area (Å²) in [5.74, 6) is 2.09. The zero-order valence-corrected chi connectivity index (χ0v) is 16.6. The molecule has 2 aromatic rings. The average Bonchev–Trinajstić information content (AvgIpc) is 3.49. The number of carbonyl (C=O) groups is 1. The fourth-order valence-corrected chi connectivity index (χ4v) is 2.91.